The van der Waals surface area contributed by atoms with Crippen molar-refractivity contribution < 1.29 is 22.4 Å². The number of carbonyl (C=O) groups excluding carboxylic acids is 1. The molecule has 0 aromatic heterocycles. The average Bonchev–Trinajstić information content (AvgIpc) is 2.50. The fraction of sp³-hybridized carbons (Fsp3) is 0.0667. The third-order valence-electron chi connectivity index (χ3n) is 2.86. The van der Waals surface area contributed by atoms with Crippen LogP contribution in [0.5, 0.6) is 0 Å². The van der Waals surface area contributed by atoms with E-state index in [1.165, 1.54) is 18.2 Å². The van der Waals surface area contributed by atoms with Gasteiger partial charge in [0.2, 0.25) is 0 Å². The number of hydrogen-bond donors (Lipinski definition) is 1. The van der Waals surface area contributed by atoms with Gasteiger partial charge in [-0.1, -0.05) is 33.6 Å². The molecule has 1 amide bonds. The van der Waals surface area contributed by atoms with Gasteiger partial charge < -0.3 is 0 Å². The van der Waals surface area contributed by atoms with Gasteiger partial charge in [-0.05, 0) is 30.3 Å². The van der Waals surface area contributed by atoms with E-state index in [1.807, 2.05) is 5.43 Å². The average molecular weight is 424 g/mol. The van der Waals surface area contributed by atoms with Crippen molar-refractivity contribution in [3.05, 3.63) is 68.4 Å². The molecule has 0 radical (unpaired) electrons. The Kier molecular flexibility index (Phi) is 5.61. The highest BCUT2D eigenvalue weighted by Gasteiger charge is 2.33. The van der Waals surface area contributed by atoms with Gasteiger partial charge in [-0.25, -0.2) is 9.82 Å². The molecule has 1 N–H and O–H groups in total. The van der Waals surface area contributed by atoms with E-state index in [-0.39, 0.29) is 16.1 Å². The number of carbonyl (C=O) groups is 1. The Morgan fingerprint density at radius 1 is 1.21 bits per heavy atom. The molecule has 0 heterocycles. The Morgan fingerprint density at radius 3 is 2.58 bits per heavy atom. The second kappa shape index (κ2) is 7.31. The van der Waals surface area contributed by atoms with Crippen LogP contribution in [-0.4, -0.2) is 12.1 Å². The lowest BCUT2D eigenvalue weighted by atomic mass is 10.1. The smallest absolute Gasteiger partial charge is 0.267 e. The lowest BCUT2D eigenvalue weighted by molar-refractivity contribution is -0.137. The Bertz CT molecular complexity index is 809. The van der Waals surface area contributed by atoms with Gasteiger partial charge in [-0.2, -0.15) is 18.3 Å². The van der Waals surface area contributed by atoms with Gasteiger partial charge in [0.1, 0.15) is 5.82 Å². The summed E-state index contributed by atoms with van der Waals surface area (Å²) < 4.78 is 52.7. The van der Waals surface area contributed by atoms with Crippen LogP contribution in [0.2, 0.25) is 5.02 Å². The van der Waals surface area contributed by atoms with Crippen LogP contribution < -0.4 is 5.43 Å². The number of rotatable bonds is 3. The minimum Gasteiger partial charge on any atom is -0.267 e. The summed E-state index contributed by atoms with van der Waals surface area (Å²) in [7, 11) is 0. The van der Waals surface area contributed by atoms with Gasteiger partial charge in [-0.3, -0.25) is 4.79 Å². The molecule has 0 saturated carbocycles. The van der Waals surface area contributed by atoms with E-state index in [9.17, 15) is 22.4 Å². The van der Waals surface area contributed by atoms with E-state index in [0.29, 0.717) is 4.47 Å². The summed E-state index contributed by atoms with van der Waals surface area (Å²) in [5.74, 6) is -1.68. The number of nitrogens with one attached hydrogen (secondary N) is 1. The second-order valence-electron chi connectivity index (χ2n) is 4.55. The molecule has 2 aromatic carbocycles. The van der Waals surface area contributed by atoms with Crippen LogP contribution in [-0.2, 0) is 6.18 Å². The van der Waals surface area contributed by atoms with Crippen molar-refractivity contribution in [2.24, 2.45) is 5.10 Å². The molecular weight excluding hydrogens is 416 g/mol. The SMILES string of the molecule is O=C(NN=Cc1ccc(Cl)cc1C(F)(F)F)c1cc(Br)ccc1F. The van der Waals surface area contributed by atoms with Gasteiger partial charge in [0, 0.05) is 15.1 Å². The zero-order valence-electron chi connectivity index (χ0n) is 11.7. The number of hydrogen-bond acceptors (Lipinski definition) is 2. The highest BCUT2D eigenvalue weighted by Crippen LogP contribution is 2.33. The summed E-state index contributed by atoms with van der Waals surface area (Å²) in [5.41, 5.74) is 0.392. The molecule has 0 spiro atoms. The highest BCUT2D eigenvalue weighted by molar-refractivity contribution is 9.10. The van der Waals surface area contributed by atoms with Crippen molar-refractivity contribution in [1.82, 2.24) is 5.43 Å². The van der Waals surface area contributed by atoms with Crippen LogP contribution >= 0.6 is 27.5 Å². The van der Waals surface area contributed by atoms with E-state index < -0.39 is 23.5 Å². The molecule has 2 aromatic rings. The molecule has 0 fully saturated rings. The van der Waals surface area contributed by atoms with Crippen LogP contribution in [0, 0.1) is 5.82 Å². The van der Waals surface area contributed by atoms with E-state index in [0.717, 1.165) is 24.4 Å². The molecule has 9 heteroatoms. The lowest BCUT2D eigenvalue weighted by Crippen LogP contribution is -2.19. The normalized spacial score (nSPS) is 11.8. The molecule has 0 bridgehead atoms. The fourth-order valence-electron chi connectivity index (χ4n) is 1.78. The van der Waals surface area contributed by atoms with Gasteiger partial charge in [0.05, 0.1) is 17.3 Å². The standard InChI is InChI=1S/C15H8BrClF4N2O/c16-9-2-4-13(18)11(5-9)14(24)23-22-7-8-1-3-10(17)6-12(8)15(19,20)21/h1-7H,(H,23,24). The van der Waals surface area contributed by atoms with Crippen molar-refractivity contribution >= 4 is 39.7 Å². The molecule has 0 saturated heterocycles. The number of nitrogens with zero attached hydrogens (tertiary/aromatic N) is 1. The second-order valence-corrected chi connectivity index (χ2v) is 5.90. The molecule has 3 nitrogen and oxygen atoms in total. The minimum absolute atomic E-state index is 0.0836. The number of benzene rings is 2. The van der Waals surface area contributed by atoms with Crippen LogP contribution in [0.1, 0.15) is 21.5 Å². The predicted molar refractivity (Wildman–Crippen MR) is 85.6 cm³/mol. The fourth-order valence-corrected chi connectivity index (χ4v) is 2.31. The maximum Gasteiger partial charge on any atom is 0.417 e. The first-order valence-corrected chi connectivity index (χ1v) is 7.51. The molecular formula is C15H8BrClF4N2O. The van der Waals surface area contributed by atoms with Gasteiger partial charge >= 0.3 is 6.18 Å². The first kappa shape index (κ1) is 18.4. The Morgan fingerprint density at radius 2 is 1.92 bits per heavy atom. The highest BCUT2D eigenvalue weighted by atomic mass is 79.9. The summed E-state index contributed by atoms with van der Waals surface area (Å²) in [5, 5.41) is 3.36. The molecule has 0 aliphatic rings. The summed E-state index contributed by atoms with van der Waals surface area (Å²) >= 11 is 8.64. The third kappa shape index (κ3) is 4.55. The summed E-state index contributed by atoms with van der Waals surface area (Å²) in [6, 6.07) is 6.82. The third-order valence-corrected chi connectivity index (χ3v) is 3.59. The van der Waals surface area contributed by atoms with Crippen LogP contribution in [0.3, 0.4) is 0 Å². The van der Waals surface area contributed by atoms with Crippen molar-refractivity contribution in [3.63, 3.8) is 0 Å². The molecule has 0 aliphatic heterocycles. The van der Waals surface area contributed by atoms with Gasteiger partial charge in [0.15, 0.2) is 0 Å². The zero-order valence-corrected chi connectivity index (χ0v) is 14.0. The Balaban J connectivity index is 2.21. The van der Waals surface area contributed by atoms with Crippen molar-refractivity contribution in [2.45, 2.75) is 6.18 Å². The first-order chi connectivity index (χ1) is 11.2. The number of alkyl halides is 3. The van der Waals surface area contributed by atoms with Gasteiger partial charge in [0.25, 0.3) is 5.91 Å². The van der Waals surface area contributed by atoms with E-state index >= 15 is 0 Å². The first-order valence-electron chi connectivity index (χ1n) is 6.33. The quantitative estimate of drug-likeness (QED) is 0.420. The number of halogens is 6. The Labute approximate surface area is 147 Å². The number of hydrazone groups is 1. The summed E-state index contributed by atoms with van der Waals surface area (Å²) in [6.07, 6.45) is -3.82. The summed E-state index contributed by atoms with van der Waals surface area (Å²) in [6.45, 7) is 0. The maximum absolute atomic E-state index is 13.5. The van der Waals surface area contributed by atoms with E-state index in [4.69, 9.17) is 11.6 Å². The molecule has 126 valence electrons. The zero-order chi connectivity index (χ0) is 17.9. The molecule has 24 heavy (non-hydrogen) atoms. The van der Waals surface area contributed by atoms with E-state index in [2.05, 4.69) is 21.0 Å². The lowest BCUT2D eigenvalue weighted by Gasteiger charge is -2.10. The maximum atomic E-state index is 13.5. The van der Waals surface area contributed by atoms with Crippen molar-refractivity contribution in [3.8, 4) is 0 Å². The van der Waals surface area contributed by atoms with Gasteiger partial charge in [-0.15, -0.1) is 0 Å². The molecule has 0 unspecified atom stereocenters. The molecule has 0 atom stereocenters. The van der Waals surface area contributed by atoms with Crippen LogP contribution in [0.4, 0.5) is 17.6 Å². The van der Waals surface area contributed by atoms with Crippen LogP contribution in [0.25, 0.3) is 0 Å². The van der Waals surface area contributed by atoms with Crippen molar-refractivity contribution in [1.29, 1.82) is 0 Å². The summed E-state index contributed by atoms with van der Waals surface area (Å²) in [4.78, 5) is 11.8. The monoisotopic (exact) mass is 422 g/mol. The van der Waals surface area contributed by atoms with E-state index in [1.54, 1.807) is 0 Å². The van der Waals surface area contributed by atoms with Crippen LogP contribution in [0.15, 0.2) is 46.0 Å². The molecule has 0 aliphatic carbocycles. The predicted octanol–water partition coefficient (Wildman–Crippen LogP) is 5.02. The topological polar surface area (TPSA) is 41.5 Å². The Hall–Kier alpha value is -1.93. The minimum atomic E-state index is -4.63. The largest absolute Gasteiger partial charge is 0.417 e. The van der Waals surface area contributed by atoms with Crippen molar-refractivity contribution in [2.75, 3.05) is 0 Å². The number of amides is 1. The molecule has 2 rings (SSSR count).